The van der Waals surface area contributed by atoms with Crippen LogP contribution in [0.2, 0.25) is 0 Å². The second-order valence-corrected chi connectivity index (χ2v) is 6.29. The summed E-state index contributed by atoms with van der Waals surface area (Å²) in [5, 5.41) is 0.566. The van der Waals surface area contributed by atoms with E-state index in [0.29, 0.717) is 11.1 Å². The molecule has 1 aromatic heterocycles. The number of hydrogen-bond acceptors (Lipinski definition) is 4. The molecule has 0 aliphatic carbocycles. The molecule has 5 nitrogen and oxygen atoms in total. The summed E-state index contributed by atoms with van der Waals surface area (Å²) in [6.07, 6.45) is -1.53. The van der Waals surface area contributed by atoms with Crippen molar-refractivity contribution >= 4 is 23.6 Å². The molecule has 1 saturated heterocycles. The molecule has 9 heteroatoms. The third-order valence-electron chi connectivity index (χ3n) is 3.56. The number of amides is 2. The minimum absolute atomic E-state index is 0.127. The molecule has 0 saturated carbocycles. The van der Waals surface area contributed by atoms with Crippen molar-refractivity contribution in [3.05, 3.63) is 65.5 Å². The summed E-state index contributed by atoms with van der Waals surface area (Å²) in [5.74, 6) is -0.685. The number of benzene rings is 1. The predicted octanol–water partition coefficient (Wildman–Crippen LogP) is 3.02. The zero-order valence-electron chi connectivity index (χ0n) is 12.7. The fraction of sp³-hybridized carbons (Fsp3) is 0.188. The number of rotatable bonds is 3. The highest BCUT2D eigenvalue weighted by Crippen LogP contribution is 2.38. The van der Waals surface area contributed by atoms with Crippen LogP contribution in [0.1, 0.15) is 26.9 Å². The molecule has 1 unspecified atom stereocenters. The molecule has 2 amide bonds. The summed E-state index contributed by atoms with van der Waals surface area (Å²) in [4.78, 5) is 28.1. The molecule has 1 atom stereocenters. The average molecular weight is 367 g/mol. The molecule has 2 aromatic rings. The number of hydrazine groups is 1. The zero-order valence-corrected chi connectivity index (χ0v) is 13.5. The predicted molar refractivity (Wildman–Crippen MR) is 85.2 cm³/mol. The van der Waals surface area contributed by atoms with Gasteiger partial charge in [0.1, 0.15) is 5.37 Å². The fourth-order valence-electron chi connectivity index (χ4n) is 2.31. The van der Waals surface area contributed by atoms with Crippen molar-refractivity contribution in [2.75, 3.05) is 5.75 Å². The van der Waals surface area contributed by atoms with Crippen LogP contribution in [0.25, 0.3) is 0 Å². The Kier molecular flexibility index (Phi) is 4.67. The van der Waals surface area contributed by atoms with Gasteiger partial charge in [0.25, 0.3) is 11.8 Å². The molecule has 1 aromatic carbocycles. The molecule has 1 N–H and O–H groups in total. The van der Waals surface area contributed by atoms with Crippen molar-refractivity contribution < 1.29 is 22.8 Å². The molecule has 1 fully saturated rings. The van der Waals surface area contributed by atoms with Gasteiger partial charge in [-0.25, -0.2) is 5.01 Å². The number of nitrogens with one attached hydrogen (secondary N) is 1. The molecular weight excluding hydrogens is 355 g/mol. The SMILES string of the molecule is O=C(NN1C(=O)CSC1c1ccc(C(F)(F)F)cc1)c1ccncc1. The number of thioether (sulfide) groups is 1. The van der Waals surface area contributed by atoms with Gasteiger partial charge >= 0.3 is 6.18 Å². The van der Waals surface area contributed by atoms with Gasteiger partial charge in [0.2, 0.25) is 0 Å². The zero-order chi connectivity index (χ0) is 18.0. The van der Waals surface area contributed by atoms with Crippen LogP contribution < -0.4 is 5.43 Å². The van der Waals surface area contributed by atoms with E-state index in [1.165, 1.54) is 48.4 Å². The smallest absolute Gasteiger partial charge is 0.272 e. The minimum Gasteiger partial charge on any atom is -0.272 e. The normalized spacial score (nSPS) is 17.6. The van der Waals surface area contributed by atoms with Gasteiger partial charge in [-0.3, -0.25) is 20.0 Å². The third-order valence-corrected chi connectivity index (χ3v) is 4.77. The fourth-order valence-corrected chi connectivity index (χ4v) is 3.41. The molecule has 1 aliphatic rings. The highest BCUT2D eigenvalue weighted by Gasteiger charge is 2.35. The molecule has 2 heterocycles. The van der Waals surface area contributed by atoms with Crippen LogP contribution >= 0.6 is 11.8 Å². The first-order chi connectivity index (χ1) is 11.9. The van der Waals surface area contributed by atoms with Crippen LogP contribution in [0.5, 0.6) is 0 Å². The number of aromatic nitrogens is 1. The van der Waals surface area contributed by atoms with Gasteiger partial charge in [0, 0.05) is 18.0 Å². The Morgan fingerprint density at radius 3 is 2.40 bits per heavy atom. The van der Waals surface area contributed by atoms with Gasteiger partial charge in [-0.1, -0.05) is 12.1 Å². The van der Waals surface area contributed by atoms with E-state index in [0.717, 1.165) is 17.1 Å². The van der Waals surface area contributed by atoms with E-state index in [1.54, 1.807) is 0 Å². The van der Waals surface area contributed by atoms with E-state index >= 15 is 0 Å². The second-order valence-electron chi connectivity index (χ2n) is 5.22. The highest BCUT2D eigenvalue weighted by atomic mass is 32.2. The molecule has 0 radical (unpaired) electrons. The van der Waals surface area contributed by atoms with E-state index in [-0.39, 0.29) is 11.7 Å². The van der Waals surface area contributed by atoms with Crippen molar-refractivity contribution in [2.45, 2.75) is 11.6 Å². The Hall–Kier alpha value is -2.55. The number of carbonyl (C=O) groups excluding carboxylic acids is 2. The van der Waals surface area contributed by atoms with Crippen LogP contribution in [-0.2, 0) is 11.0 Å². The van der Waals surface area contributed by atoms with Crippen molar-refractivity contribution in [1.82, 2.24) is 15.4 Å². The van der Waals surface area contributed by atoms with Gasteiger partial charge in [-0.15, -0.1) is 11.8 Å². The van der Waals surface area contributed by atoms with Gasteiger partial charge in [0.15, 0.2) is 0 Å². The molecule has 1 aliphatic heterocycles. The van der Waals surface area contributed by atoms with Crippen molar-refractivity contribution in [3.8, 4) is 0 Å². The van der Waals surface area contributed by atoms with Crippen LogP contribution in [0, 0.1) is 0 Å². The standard InChI is InChI=1S/C16H12F3N3O2S/c17-16(18,19)12-3-1-11(2-4-12)15-22(13(23)9-25-15)21-14(24)10-5-7-20-8-6-10/h1-8,15H,9H2,(H,21,24). The summed E-state index contributed by atoms with van der Waals surface area (Å²) in [6, 6.07) is 7.53. The molecular formula is C16H12F3N3O2S. The highest BCUT2D eigenvalue weighted by molar-refractivity contribution is 8.00. The molecule has 25 heavy (non-hydrogen) atoms. The lowest BCUT2D eigenvalue weighted by Gasteiger charge is -2.24. The first-order valence-corrected chi connectivity index (χ1v) is 8.23. The third kappa shape index (κ3) is 3.76. The Labute approximate surface area is 145 Å². The lowest BCUT2D eigenvalue weighted by Crippen LogP contribution is -2.44. The maximum Gasteiger partial charge on any atom is 0.416 e. The Morgan fingerprint density at radius 1 is 1.16 bits per heavy atom. The number of nitrogens with zero attached hydrogens (tertiary/aromatic N) is 2. The van der Waals surface area contributed by atoms with Crippen molar-refractivity contribution in [2.24, 2.45) is 0 Å². The van der Waals surface area contributed by atoms with Gasteiger partial charge in [0.05, 0.1) is 11.3 Å². The second kappa shape index (κ2) is 6.75. The summed E-state index contributed by atoms with van der Waals surface area (Å²) >= 11 is 1.23. The van der Waals surface area contributed by atoms with Crippen molar-refractivity contribution in [1.29, 1.82) is 0 Å². The number of halogens is 3. The maximum absolute atomic E-state index is 12.7. The summed E-state index contributed by atoms with van der Waals surface area (Å²) < 4.78 is 38.0. The first kappa shape index (κ1) is 17.3. The van der Waals surface area contributed by atoms with E-state index in [9.17, 15) is 22.8 Å². The largest absolute Gasteiger partial charge is 0.416 e. The van der Waals surface area contributed by atoms with Crippen LogP contribution in [0.15, 0.2) is 48.8 Å². The molecule has 0 bridgehead atoms. The van der Waals surface area contributed by atoms with Crippen LogP contribution in [-0.4, -0.2) is 27.6 Å². The number of hydrogen-bond donors (Lipinski definition) is 1. The van der Waals surface area contributed by atoms with E-state index in [2.05, 4.69) is 10.4 Å². The first-order valence-electron chi connectivity index (χ1n) is 7.18. The maximum atomic E-state index is 12.7. The molecule has 3 rings (SSSR count). The summed E-state index contributed by atoms with van der Waals surface area (Å²) in [7, 11) is 0. The Bertz CT molecular complexity index is 781. The minimum atomic E-state index is -4.42. The Balaban J connectivity index is 1.79. The summed E-state index contributed by atoms with van der Waals surface area (Å²) in [5.41, 5.74) is 2.57. The van der Waals surface area contributed by atoms with Crippen molar-refractivity contribution in [3.63, 3.8) is 0 Å². The van der Waals surface area contributed by atoms with Crippen LogP contribution in [0.4, 0.5) is 13.2 Å². The van der Waals surface area contributed by atoms with E-state index in [1.807, 2.05) is 0 Å². The number of pyridine rings is 1. The molecule has 0 spiro atoms. The topological polar surface area (TPSA) is 62.3 Å². The van der Waals surface area contributed by atoms with Gasteiger partial charge < -0.3 is 0 Å². The lowest BCUT2D eigenvalue weighted by atomic mass is 10.1. The van der Waals surface area contributed by atoms with E-state index < -0.39 is 23.0 Å². The monoisotopic (exact) mass is 367 g/mol. The summed E-state index contributed by atoms with van der Waals surface area (Å²) in [6.45, 7) is 0. The number of alkyl halides is 3. The number of carbonyl (C=O) groups is 2. The lowest BCUT2D eigenvalue weighted by molar-refractivity contribution is -0.137. The van der Waals surface area contributed by atoms with E-state index in [4.69, 9.17) is 0 Å². The van der Waals surface area contributed by atoms with Crippen LogP contribution in [0.3, 0.4) is 0 Å². The molecule has 130 valence electrons. The quantitative estimate of drug-likeness (QED) is 0.906. The Morgan fingerprint density at radius 2 is 1.80 bits per heavy atom. The average Bonchev–Trinajstić information content (AvgIpc) is 2.96. The van der Waals surface area contributed by atoms with Gasteiger partial charge in [-0.05, 0) is 29.8 Å². The van der Waals surface area contributed by atoms with Gasteiger partial charge in [-0.2, -0.15) is 13.2 Å².